The van der Waals surface area contributed by atoms with Crippen molar-refractivity contribution in [1.82, 2.24) is 10.6 Å². The molecule has 0 aliphatic heterocycles. The third-order valence-electron chi connectivity index (χ3n) is 3.74. The van der Waals surface area contributed by atoms with Crippen LogP contribution in [0.2, 0.25) is 0 Å². The highest BCUT2D eigenvalue weighted by molar-refractivity contribution is 6.53. The molecule has 0 aromatic heterocycles. The van der Waals surface area contributed by atoms with Crippen LogP contribution in [-0.2, 0) is 11.3 Å². The minimum atomic E-state index is -0.972. The highest BCUT2D eigenvalue weighted by Crippen LogP contribution is 2.63. The molecule has 0 spiro atoms. The number of hydrogen-bond acceptors (Lipinski definition) is 2. The van der Waals surface area contributed by atoms with Gasteiger partial charge in [0.25, 0.3) is 5.91 Å². The summed E-state index contributed by atoms with van der Waals surface area (Å²) in [5, 5.41) is 5.55. The molecule has 0 bridgehead atoms. The van der Waals surface area contributed by atoms with Gasteiger partial charge in [0.15, 0.2) is 0 Å². The van der Waals surface area contributed by atoms with Crippen LogP contribution >= 0.6 is 23.2 Å². The Labute approximate surface area is 134 Å². The summed E-state index contributed by atoms with van der Waals surface area (Å²) in [5.74, 6) is -0.295. The van der Waals surface area contributed by atoms with Crippen molar-refractivity contribution in [1.29, 1.82) is 0 Å². The molecule has 0 heterocycles. The molecule has 0 unspecified atom stereocenters. The van der Waals surface area contributed by atoms with E-state index < -0.39 is 9.75 Å². The molecule has 21 heavy (non-hydrogen) atoms. The molecule has 1 aliphatic rings. The molecular formula is C15H18Cl2N2O2. The van der Waals surface area contributed by atoms with E-state index in [9.17, 15) is 9.59 Å². The lowest BCUT2D eigenvalue weighted by Gasteiger charge is -2.13. The normalized spacial score (nSPS) is 22.5. The summed E-state index contributed by atoms with van der Waals surface area (Å²) in [6.45, 7) is 4.52. The number of alkyl halides is 2. The van der Waals surface area contributed by atoms with Crippen LogP contribution in [-0.4, -0.2) is 22.7 Å². The van der Waals surface area contributed by atoms with Crippen LogP contribution in [0.25, 0.3) is 0 Å². The lowest BCUT2D eigenvalue weighted by molar-refractivity contribution is -0.125. The number of carbonyl (C=O) groups is 2. The van der Waals surface area contributed by atoms with Crippen LogP contribution in [0.15, 0.2) is 24.3 Å². The van der Waals surface area contributed by atoms with Crippen LogP contribution in [0.1, 0.15) is 36.2 Å². The fourth-order valence-electron chi connectivity index (χ4n) is 2.11. The van der Waals surface area contributed by atoms with Gasteiger partial charge in [0.2, 0.25) is 5.91 Å². The fraction of sp³-hybridized carbons (Fsp3) is 0.467. The molecule has 6 heteroatoms. The Morgan fingerprint density at radius 3 is 2.52 bits per heavy atom. The number of benzene rings is 1. The first kappa shape index (κ1) is 16.1. The Balaban J connectivity index is 1.97. The maximum absolute atomic E-state index is 12.1. The van der Waals surface area contributed by atoms with Gasteiger partial charge in [-0.2, -0.15) is 0 Å². The summed E-state index contributed by atoms with van der Waals surface area (Å²) in [6, 6.07) is 7.14. The quantitative estimate of drug-likeness (QED) is 0.816. The number of amides is 2. The standard InChI is InChI=1S/C15H18Cl2N2O2/c1-3-18-12(20)11-6-4-5-10(7-11)8-19-13(21)14(2)9-15(14,16)17/h4-7H,3,8-9H2,1-2H3,(H,18,20)(H,19,21)/t14-/m1/s1. The Morgan fingerprint density at radius 1 is 1.29 bits per heavy atom. The first-order valence-electron chi connectivity index (χ1n) is 6.83. The summed E-state index contributed by atoms with van der Waals surface area (Å²) in [6.07, 6.45) is 0.452. The number of hydrogen-bond donors (Lipinski definition) is 2. The predicted octanol–water partition coefficient (Wildman–Crippen LogP) is 2.64. The molecule has 114 valence electrons. The van der Waals surface area contributed by atoms with Gasteiger partial charge in [0.05, 0.1) is 5.41 Å². The van der Waals surface area contributed by atoms with Crippen molar-refractivity contribution in [2.75, 3.05) is 6.54 Å². The summed E-state index contributed by atoms with van der Waals surface area (Å²) < 4.78 is -0.972. The van der Waals surface area contributed by atoms with E-state index >= 15 is 0 Å². The fourth-order valence-corrected chi connectivity index (χ4v) is 2.81. The third kappa shape index (κ3) is 3.33. The van der Waals surface area contributed by atoms with Crippen LogP contribution < -0.4 is 10.6 Å². The lowest BCUT2D eigenvalue weighted by atomic mass is 10.1. The van der Waals surface area contributed by atoms with Crippen LogP contribution in [0.4, 0.5) is 0 Å². The zero-order valence-corrected chi connectivity index (χ0v) is 13.5. The molecule has 2 amide bonds. The number of nitrogens with one attached hydrogen (secondary N) is 2. The smallest absolute Gasteiger partial charge is 0.251 e. The van der Waals surface area contributed by atoms with Crippen molar-refractivity contribution in [2.45, 2.75) is 31.1 Å². The van der Waals surface area contributed by atoms with Gasteiger partial charge in [0, 0.05) is 18.7 Å². The average molecular weight is 329 g/mol. The molecule has 1 aromatic carbocycles. The second-order valence-corrected chi connectivity index (χ2v) is 6.94. The first-order chi connectivity index (χ1) is 9.80. The van der Waals surface area contributed by atoms with Gasteiger partial charge < -0.3 is 10.6 Å². The van der Waals surface area contributed by atoms with Crippen LogP contribution in [0, 0.1) is 5.41 Å². The van der Waals surface area contributed by atoms with Gasteiger partial charge in [-0.05, 0) is 38.0 Å². The molecule has 1 saturated carbocycles. The zero-order chi connectivity index (χ0) is 15.7. The molecule has 2 rings (SSSR count). The van der Waals surface area contributed by atoms with Gasteiger partial charge >= 0.3 is 0 Å². The van der Waals surface area contributed by atoms with Gasteiger partial charge in [-0.1, -0.05) is 12.1 Å². The van der Waals surface area contributed by atoms with Crippen molar-refractivity contribution >= 4 is 35.0 Å². The van der Waals surface area contributed by atoms with Crippen LogP contribution in [0.5, 0.6) is 0 Å². The molecule has 1 atom stereocenters. The molecule has 0 saturated heterocycles. The third-order valence-corrected chi connectivity index (χ3v) is 4.84. The summed E-state index contributed by atoms with van der Waals surface area (Å²) in [7, 11) is 0. The monoisotopic (exact) mass is 328 g/mol. The topological polar surface area (TPSA) is 58.2 Å². The van der Waals surface area contributed by atoms with E-state index in [0.717, 1.165) is 5.56 Å². The van der Waals surface area contributed by atoms with Crippen molar-refractivity contribution in [3.63, 3.8) is 0 Å². The van der Waals surface area contributed by atoms with E-state index in [0.29, 0.717) is 25.1 Å². The lowest BCUT2D eigenvalue weighted by Crippen LogP contribution is -2.32. The molecule has 4 nitrogen and oxygen atoms in total. The minimum Gasteiger partial charge on any atom is -0.352 e. The van der Waals surface area contributed by atoms with Crippen molar-refractivity contribution in [3.05, 3.63) is 35.4 Å². The number of carbonyl (C=O) groups excluding carboxylic acids is 2. The van der Waals surface area contributed by atoms with Crippen molar-refractivity contribution in [2.24, 2.45) is 5.41 Å². The van der Waals surface area contributed by atoms with Gasteiger partial charge in [-0.25, -0.2) is 0 Å². The maximum atomic E-state index is 12.1. The van der Waals surface area contributed by atoms with Gasteiger partial charge in [-0.3, -0.25) is 9.59 Å². The van der Waals surface area contributed by atoms with E-state index in [2.05, 4.69) is 10.6 Å². The molecular weight excluding hydrogens is 311 g/mol. The molecule has 0 radical (unpaired) electrons. The Kier molecular flexibility index (Phi) is 4.49. The van der Waals surface area contributed by atoms with E-state index in [-0.39, 0.29) is 11.8 Å². The Bertz CT molecular complexity index is 575. The van der Waals surface area contributed by atoms with Gasteiger partial charge in [0.1, 0.15) is 4.33 Å². The second kappa shape index (κ2) is 5.85. The SMILES string of the molecule is CCNC(=O)c1cccc(CNC(=O)[C@@]2(C)CC2(Cl)Cl)c1. The molecule has 2 N–H and O–H groups in total. The van der Waals surface area contributed by atoms with E-state index in [1.807, 2.05) is 13.0 Å². The van der Waals surface area contributed by atoms with E-state index in [4.69, 9.17) is 23.2 Å². The maximum Gasteiger partial charge on any atom is 0.251 e. The number of halogens is 2. The number of rotatable bonds is 5. The molecule has 1 fully saturated rings. The molecule has 1 aliphatic carbocycles. The Morgan fingerprint density at radius 2 is 1.95 bits per heavy atom. The Hall–Kier alpha value is -1.26. The largest absolute Gasteiger partial charge is 0.352 e. The average Bonchev–Trinajstić information content (AvgIpc) is 2.97. The predicted molar refractivity (Wildman–Crippen MR) is 83.5 cm³/mol. The summed E-state index contributed by atoms with van der Waals surface area (Å²) in [5.41, 5.74) is 0.698. The van der Waals surface area contributed by atoms with Crippen molar-refractivity contribution in [3.8, 4) is 0 Å². The van der Waals surface area contributed by atoms with Crippen molar-refractivity contribution < 1.29 is 9.59 Å². The summed E-state index contributed by atoms with van der Waals surface area (Å²) >= 11 is 12.0. The zero-order valence-electron chi connectivity index (χ0n) is 12.0. The summed E-state index contributed by atoms with van der Waals surface area (Å²) in [4.78, 5) is 23.8. The van der Waals surface area contributed by atoms with E-state index in [1.165, 1.54) is 0 Å². The molecule has 1 aromatic rings. The first-order valence-corrected chi connectivity index (χ1v) is 7.59. The van der Waals surface area contributed by atoms with E-state index in [1.54, 1.807) is 25.1 Å². The minimum absolute atomic E-state index is 0.125. The highest BCUT2D eigenvalue weighted by Gasteiger charge is 2.67. The second-order valence-electron chi connectivity index (χ2n) is 5.46. The van der Waals surface area contributed by atoms with Crippen LogP contribution in [0.3, 0.4) is 0 Å². The van der Waals surface area contributed by atoms with Gasteiger partial charge in [-0.15, -0.1) is 23.2 Å². The highest BCUT2D eigenvalue weighted by atomic mass is 35.5.